The SMILES string of the molecule is Nc1ccc(N2CCCC2NC=O)nc1OCCO. The number of carbonyl (C=O) groups is 1. The second kappa shape index (κ2) is 6.24. The molecule has 1 aliphatic rings. The van der Waals surface area contributed by atoms with Crippen LogP contribution in [0.25, 0.3) is 0 Å². The van der Waals surface area contributed by atoms with E-state index in [9.17, 15) is 4.79 Å². The van der Waals surface area contributed by atoms with Crippen molar-refractivity contribution in [3.05, 3.63) is 12.1 Å². The van der Waals surface area contributed by atoms with Crippen LogP contribution in [0.15, 0.2) is 12.1 Å². The number of aliphatic hydroxyl groups is 1. The lowest BCUT2D eigenvalue weighted by molar-refractivity contribution is -0.110. The van der Waals surface area contributed by atoms with Crippen molar-refractivity contribution in [1.82, 2.24) is 10.3 Å². The smallest absolute Gasteiger partial charge is 0.239 e. The molecule has 0 aromatic carbocycles. The molecule has 1 aromatic heterocycles. The predicted octanol–water partition coefficient (Wildman–Crippen LogP) is -0.293. The van der Waals surface area contributed by atoms with Crippen LogP contribution in [0.3, 0.4) is 0 Å². The summed E-state index contributed by atoms with van der Waals surface area (Å²) in [5, 5.41) is 11.5. The summed E-state index contributed by atoms with van der Waals surface area (Å²) >= 11 is 0. The van der Waals surface area contributed by atoms with Crippen molar-refractivity contribution in [1.29, 1.82) is 0 Å². The zero-order chi connectivity index (χ0) is 13.7. The Bertz CT molecular complexity index is 441. The highest BCUT2D eigenvalue weighted by molar-refractivity contribution is 5.56. The van der Waals surface area contributed by atoms with Gasteiger partial charge in [0, 0.05) is 6.54 Å². The Hall–Kier alpha value is -2.02. The molecular formula is C12H18N4O3. The second-order valence-electron chi connectivity index (χ2n) is 4.27. The van der Waals surface area contributed by atoms with Crippen LogP contribution in [0, 0.1) is 0 Å². The van der Waals surface area contributed by atoms with Gasteiger partial charge >= 0.3 is 0 Å². The molecule has 1 unspecified atom stereocenters. The maximum absolute atomic E-state index is 10.6. The van der Waals surface area contributed by atoms with E-state index in [0.717, 1.165) is 19.4 Å². The number of aliphatic hydroxyl groups excluding tert-OH is 1. The Labute approximate surface area is 111 Å². The number of aromatic nitrogens is 1. The van der Waals surface area contributed by atoms with Crippen LogP contribution >= 0.6 is 0 Å². The fourth-order valence-corrected chi connectivity index (χ4v) is 2.15. The van der Waals surface area contributed by atoms with Crippen molar-refractivity contribution >= 4 is 17.9 Å². The first kappa shape index (κ1) is 13.4. The predicted molar refractivity (Wildman–Crippen MR) is 70.8 cm³/mol. The van der Waals surface area contributed by atoms with Crippen LogP contribution in [0.2, 0.25) is 0 Å². The fourth-order valence-electron chi connectivity index (χ4n) is 2.15. The van der Waals surface area contributed by atoms with Crippen molar-refractivity contribution in [2.45, 2.75) is 19.0 Å². The molecule has 2 rings (SSSR count). The monoisotopic (exact) mass is 266 g/mol. The van der Waals surface area contributed by atoms with Gasteiger partial charge in [-0.3, -0.25) is 4.79 Å². The van der Waals surface area contributed by atoms with Gasteiger partial charge in [-0.15, -0.1) is 0 Å². The number of ether oxygens (including phenoxy) is 1. The van der Waals surface area contributed by atoms with Gasteiger partial charge in [0.1, 0.15) is 18.6 Å². The van der Waals surface area contributed by atoms with E-state index in [2.05, 4.69) is 10.3 Å². The summed E-state index contributed by atoms with van der Waals surface area (Å²) in [7, 11) is 0. The lowest BCUT2D eigenvalue weighted by atomic mass is 10.3. The molecule has 0 saturated carbocycles. The van der Waals surface area contributed by atoms with E-state index in [4.69, 9.17) is 15.6 Å². The van der Waals surface area contributed by atoms with Crippen LogP contribution in [0.5, 0.6) is 5.88 Å². The van der Waals surface area contributed by atoms with E-state index >= 15 is 0 Å². The number of hydrogen-bond donors (Lipinski definition) is 3. The van der Waals surface area contributed by atoms with Gasteiger partial charge in [0.25, 0.3) is 0 Å². The zero-order valence-corrected chi connectivity index (χ0v) is 10.6. The summed E-state index contributed by atoms with van der Waals surface area (Å²) in [5.74, 6) is 1.02. The molecular weight excluding hydrogens is 248 g/mol. The first-order valence-corrected chi connectivity index (χ1v) is 6.22. The largest absolute Gasteiger partial charge is 0.474 e. The summed E-state index contributed by atoms with van der Waals surface area (Å²) < 4.78 is 5.28. The van der Waals surface area contributed by atoms with E-state index in [0.29, 0.717) is 23.8 Å². The lowest BCUT2D eigenvalue weighted by Crippen LogP contribution is -2.41. The number of nitrogens with two attached hydrogens (primary N) is 1. The highest BCUT2D eigenvalue weighted by atomic mass is 16.5. The van der Waals surface area contributed by atoms with Gasteiger partial charge in [0.05, 0.1) is 12.3 Å². The molecule has 19 heavy (non-hydrogen) atoms. The molecule has 1 amide bonds. The number of nitrogen functional groups attached to an aromatic ring is 1. The van der Waals surface area contributed by atoms with Gasteiger partial charge in [-0.25, -0.2) is 0 Å². The maximum atomic E-state index is 10.6. The summed E-state index contributed by atoms with van der Waals surface area (Å²) in [5.41, 5.74) is 6.19. The lowest BCUT2D eigenvalue weighted by Gasteiger charge is -2.25. The Morgan fingerprint density at radius 2 is 2.47 bits per heavy atom. The molecule has 1 aromatic rings. The number of nitrogens with one attached hydrogen (secondary N) is 1. The Balaban J connectivity index is 2.17. The highest BCUT2D eigenvalue weighted by Gasteiger charge is 2.25. The summed E-state index contributed by atoms with van der Waals surface area (Å²) in [6, 6.07) is 3.51. The first-order chi connectivity index (χ1) is 9.26. The van der Waals surface area contributed by atoms with Crippen molar-refractivity contribution in [2.75, 3.05) is 30.4 Å². The number of amides is 1. The molecule has 1 saturated heterocycles. The first-order valence-electron chi connectivity index (χ1n) is 6.22. The minimum absolute atomic E-state index is 0.0423. The number of nitrogens with zero attached hydrogens (tertiary/aromatic N) is 2. The summed E-state index contributed by atoms with van der Waals surface area (Å²) in [6.07, 6.45) is 2.53. The molecule has 7 heteroatoms. The average Bonchev–Trinajstić information content (AvgIpc) is 2.87. The molecule has 0 radical (unpaired) electrons. The van der Waals surface area contributed by atoms with E-state index in [-0.39, 0.29) is 19.4 Å². The molecule has 1 fully saturated rings. The van der Waals surface area contributed by atoms with Gasteiger partial charge in [-0.05, 0) is 25.0 Å². The second-order valence-corrected chi connectivity index (χ2v) is 4.27. The fraction of sp³-hybridized carbons (Fsp3) is 0.500. The van der Waals surface area contributed by atoms with Crippen molar-refractivity contribution in [3.8, 4) is 5.88 Å². The van der Waals surface area contributed by atoms with Gasteiger partial charge < -0.3 is 25.8 Å². The third-order valence-electron chi connectivity index (χ3n) is 3.01. The molecule has 1 aliphatic heterocycles. The van der Waals surface area contributed by atoms with Crippen LogP contribution in [0.4, 0.5) is 11.5 Å². The minimum Gasteiger partial charge on any atom is -0.474 e. The average molecular weight is 266 g/mol. The highest BCUT2D eigenvalue weighted by Crippen LogP contribution is 2.27. The van der Waals surface area contributed by atoms with Crippen LogP contribution in [0.1, 0.15) is 12.8 Å². The van der Waals surface area contributed by atoms with E-state index < -0.39 is 0 Å². The van der Waals surface area contributed by atoms with Crippen molar-refractivity contribution in [3.63, 3.8) is 0 Å². The molecule has 104 valence electrons. The van der Waals surface area contributed by atoms with Crippen LogP contribution in [-0.2, 0) is 4.79 Å². The number of pyridine rings is 1. The van der Waals surface area contributed by atoms with Crippen molar-refractivity contribution < 1.29 is 14.6 Å². The standard InChI is InChI=1S/C12H18N4O3/c13-9-3-4-11(15-12(9)19-7-6-17)16-5-1-2-10(16)14-8-18/h3-4,8,10,17H,1-2,5-7,13H2,(H,14,18). The number of hydrogen-bond acceptors (Lipinski definition) is 6. The van der Waals surface area contributed by atoms with E-state index in [1.807, 2.05) is 4.90 Å². The molecule has 4 N–H and O–H groups in total. The topological polar surface area (TPSA) is 101 Å². The van der Waals surface area contributed by atoms with Gasteiger partial charge in [-0.2, -0.15) is 4.98 Å². The molecule has 2 heterocycles. The van der Waals surface area contributed by atoms with Gasteiger partial charge in [-0.1, -0.05) is 0 Å². The molecule has 0 bridgehead atoms. The normalized spacial score (nSPS) is 18.4. The minimum atomic E-state index is -0.0929. The van der Waals surface area contributed by atoms with Gasteiger partial charge in [0.15, 0.2) is 0 Å². The Morgan fingerprint density at radius 3 is 3.21 bits per heavy atom. The number of anilines is 2. The molecule has 7 nitrogen and oxygen atoms in total. The van der Waals surface area contributed by atoms with Crippen molar-refractivity contribution in [2.24, 2.45) is 0 Å². The molecule has 0 spiro atoms. The summed E-state index contributed by atoms with van der Waals surface area (Å²) in [6.45, 7) is 0.878. The molecule has 0 aliphatic carbocycles. The van der Waals surface area contributed by atoms with Crippen LogP contribution in [-0.4, -0.2) is 42.4 Å². The third-order valence-corrected chi connectivity index (χ3v) is 3.01. The van der Waals surface area contributed by atoms with Crippen LogP contribution < -0.4 is 20.7 Å². The maximum Gasteiger partial charge on any atom is 0.239 e. The summed E-state index contributed by atoms with van der Waals surface area (Å²) in [4.78, 5) is 16.9. The Morgan fingerprint density at radius 1 is 1.63 bits per heavy atom. The quantitative estimate of drug-likeness (QED) is 0.612. The third kappa shape index (κ3) is 3.05. The van der Waals surface area contributed by atoms with Gasteiger partial charge in [0.2, 0.25) is 12.3 Å². The zero-order valence-electron chi connectivity index (χ0n) is 10.6. The Kier molecular flexibility index (Phi) is 4.40. The number of carbonyl (C=O) groups excluding carboxylic acids is 1. The van der Waals surface area contributed by atoms with E-state index in [1.165, 1.54) is 0 Å². The van der Waals surface area contributed by atoms with E-state index in [1.54, 1.807) is 12.1 Å². The number of rotatable bonds is 6. The molecule has 1 atom stereocenters.